The van der Waals surface area contributed by atoms with Crippen LogP contribution in [0, 0.1) is 28.6 Å². The average molecular weight is 470 g/mol. The van der Waals surface area contributed by atoms with Crippen molar-refractivity contribution in [1.29, 1.82) is 10.8 Å². The van der Waals surface area contributed by atoms with E-state index in [1.54, 1.807) is 6.07 Å². The van der Waals surface area contributed by atoms with E-state index in [9.17, 15) is 13.6 Å². The summed E-state index contributed by atoms with van der Waals surface area (Å²) >= 11 is 0.733. The molecule has 3 N–H and O–H groups in total. The van der Waals surface area contributed by atoms with Crippen LogP contribution in [-0.2, 0) is 0 Å². The van der Waals surface area contributed by atoms with Crippen LogP contribution in [0.15, 0.2) is 24.5 Å². The van der Waals surface area contributed by atoms with Gasteiger partial charge in [0.15, 0.2) is 5.17 Å². The molecule has 4 rings (SSSR count). The number of hydrogen-bond donors (Lipinski definition) is 3. The first-order valence-corrected chi connectivity index (χ1v) is 11.2. The minimum absolute atomic E-state index is 0.0352. The summed E-state index contributed by atoms with van der Waals surface area (Å²) in [5, 5.41) is 18.0. The van der Waals surface area contributed by atoms with E-state index in [-0.39, 0.29) is 27.4 Å². The second kappa shape index (κ2) is 9.67. The van der Waals surface area contributed by atoms with Crippen molar-refractivity contribution in [3.63, 3.8) is 0 Å². The number of carbonyl (C=O) groups is 1. The zero-order valence-corrected chi connectivity index (χ0v) is 18.6. The number of halogens is 2. The van der Waals surface area contributed by atoms with Crippen LogP contribution >= 0.6 is 11.8 Å². The highest BCUT2D eigenvalue weighted by molar-refractivity contribution is 8.26. The second-order valence-electron chi connectivity index (χ2n) is 7.80. The molecule has 2 aromatic heterocycles. The summed E-state index contributed by atoms with van der Waals surface area (Å²) in [4.78, 5) is 21.1. The lowest BCUT2D eigenvalue weighted by molar-refractivity contribution is 0.0978. The van der Waals surface area contributed by atoms with Gasteiger partial charge in [0.25, 0.3) is 12.3 Å². The number of ether oxygens (including phenoxy) is 1. The number of hydrogen-bond acceptors (Lipinski definition) is 7. The van der Waals surface area contributed by atoms with Gasteiger partial charge in [0.05, 0.1) is 18.9 Å². The van der Waals surface area contributed by atoms with Gasteiger partial charge in [0.1, 0.15) is 16.5 Å². The van der Waals surface area contributed by atoms with E-state index >= 15 is 0 Å². The third-order valence-corrected chi connectivity index (χ3v) is 5.80. The molecule has 2 saturated carbocycles. The number of nitrogens with zero attached hydrogens (tertiary/aromatic N) is 2. The first-order chi connectivity index (χ1) is 15.9. The number of rotatable bonds is 5. The average Bonchev–Trinajstić information content (AvgIpc) is 3.70. The van der Waals surface area contributed by atoms with Gasteiger partial charge >= 0.3 is 0 Å². The molecule has 7 nitrogen and oxygen atoms in total. The molecule has 0 aromatic carbocycles. The smallest absolute Gasteiger partial charge is 0.280 e. The number of nitrogens with one attached hydrogen (secondary N) is 3. The summed E-state index contributed by atoms with van der Waals surface area (Å²) < 4.78 is 32.0. The van der Waals surface area contributed by atoms with Crippen LogP contribution in [0.2, 0.25) is 0 Å². The van der Waals surface area contributed by atoms with E-state index in [4.69, 9.17) is 15.6 Å². The minimum Gasteiger partial charge on any atom is -0.494 e. The Labute approximate surface area is 193 Å². The fourth-order valence-corrected chi connectivity index (χ4v) is 3.61. The van der Waals surface area contributed by atoms with Crippen LogP contribution in [0.1, 0.15) is 59.8 Å². The topological polar surface area (TPSA) is 112 Å². The highest BCUT2D eigenvalue weighted by atomic mass is 32.2. The Kier molecular flexibility index (Phi) is 6.70. The van der Waals surface area contributed by atoms with Crippen LogP contribution < -0.4 is 10.1 Å². The second-order valence-corrected chi connectivity index (χ2v) is 8.82. The summed E-state index contributed by atoms with van der Waals surface area (Å²) in [5.41, 5.74) is 1.09. The summed E-state index contributed by atoms with van der Waals surface area (Å²) in [6, 6.07) is 2.91. The van der Waals surface area contributed by atoms with Crippen molar-refractivity contribution >= 4 is 27.9 Å². The summed E-state index contributed by atoms with van der Waals surface area (Å²) in [5.74, 6) is 5.80. The monoisotopic (exact) mass is 469 g/mol. The van der Waals surface area contributed by atoms with Crippen molar-refractivity contribution in [1.82, 2.24) is 15.3 Å². The summed E-state index contributed by atoms with van der Waals surface area (Å²) in [6.45, 7) is 0. The molecule has 2 fully saturated rings. The van der Waals surface area contributed by atoms with Crippen molar-refractivity contribution < 1.29 is 18.3 Å². The van der Waals surface area contributed by atoms with Gasteiger partial charge in [-0.1, -0.05) is 5.92 Å². The summed E-state index contributed by atoms with van der Waals surface area (Å²) in [7, 11) is 1.39. The number of pyridine rings is 2. The maximum absolute atomic E-state index is 13.3. The van der Waals surface area contributed by atoms with E-state index in [2.05, 4.69) is 27.1 Å². The predicted octanol–water partition coefficient (Wildman–Crippen LogP) is 4.76. The van der Waals surface area contributed by atoms with Crippen LogP contribution in [0.4, 0.5) is 8.78 Å². The third kappa shape index (κ3) is 5.73. The molecule has 0 spiro atoms. The zero-order chi connectivity index (χ0) is 23.5. The Hall–Kier alpha value is -3.32. The lowest BCUT2D eigenvalue weighted by Crippen LogP contribution is -2.29. The van der Waals surface area contributed by atoms with Gasteiger partial charge in [-0.2, -0.15) is 0 Å². The molecule has 0 bridgehead atoms. The lowest BCUT2D eigenvalue weighted by atomic mass is 9.98. The van der Waals surface area contributed by atoms with Gasteiger partial charge in [-0.05, 0) is 55.5 Å². The molecular formula is C23H21F2N5O2S. The van der Waals surface area contributed by atoms with Crippen molar-refractivity contribution in [2.75, 3.05) is 7.11 Å². The Morgan fingerprint density at radius 2 is 1.94 bits per heavy atom. The van der Waals surface area contributed by atoms with Crippen LogP contribution in [0.25, 0.3) is 11.1 Å². The number of amidine groups is 1. The first-order valence-electron chi connectivity index (χ1n) is 10.4. The first kappa shape index (κ1) is 22.9. The molecule has 10 heteroatoms. The number of aromatic nitrogens is 2. The molecule has 170 valence electrons. The molecule has 1 amide bonds. The van der Waals surface area contributed by atoms with Crippen LogP contribution in [-0.4, -0.2) is 33.2 Å². The van der Waals surface area contributed by atoms with E-state index in [0.717, 1.165) is 43.1 Å². The largest absolute Gasteiger partial charge is 0.494 e. The Balaban J connectivity index is 1.63. The molecule has 0 saturated heterocycles. The predicted molar refractivity (Wildman–Crippen MR) is 122 cm³/mol. The molecule has 0 aliphatic heterocycles. The summed E-state index contributed by atoms with van der Waals surface area (Å²) in [6.07, 6.45) is 3.79. The van der Waals surface area contributed by atoms with E-state index < -0.39 is 18.0 Å². The fourth-order valence-electron chi connectivity index (χ4n) is 3.15. The molecule has 33 heavy (non-hydrogen) atoms. The molecule has 0 radical (unpaired) electrons. The van der Waals surface area contributed by atoms with E-state index in [1.165, 1.54) is 25.6 Å². The van der Waals surface area contributed by atoms with Gasteiger partial charge < -0.3 is 10.1 Å². The molecule has 2 aliphatic rings. The molecular weight excluding hydrogens is 448 g/mol. The van der Waals surface area contributed by atoms with Crippen molar-refractivity contribution in [3.8, 4) is 28.7 Å². The van der Waals surface area contributed by atoms with Gasteiger partial charge in [-0.15, -0.1) is 0 Å². The van der Waals surface area contributed by atoms with Gasteiger partial charge in [0, 0.05) is 34.9 Å². The maximum Gasteiger partial charge on any atom is 0.280 e. The SMILES string of the molecule is COc1cnc(C(F)F)cc1-c1cc(C2CC2)ncc1C(=O)NC(=N)SC(=N)C#CC1CC1. The van der Waals surface area contributed by atoms with Crippen molar-refractivity contribution in [2.45, 2.75) is 38.0 Å². The third-order valence-electron chi connectivity index (χ3n) is 5.19. The fraction of sp³-hybridized carbons (Fsp3) is 0.348. The Morgan fingerprint density at radius 3 is 2.58 bits per heavy atom. The van der Waals surface area contributed by atoms with Crippen LogP contribution in [0.3, 0.4) is 0 Å². The highest BCUT2D eigenvalue weighted by Crippen LogP contribution is 2.42. The van der Waals surface area contributed by atoms with E-state index in [0.29, 0.717) is 17.0 Å². The standard InChI is InChI=1S/C23H21F2N5O2S/c1-32-19-11-29-18(21(24)25)9-15(19)14-8-17(13-5-6-13)28-10-16(14)22(31)30-23(27)33-20(26)7-4-12-2-3-12/h8-13,21,26H,2-3,5-6H2,1H3,(H2,27,30,31). The molecule has 2 heterocycles. The van der Waals surface area contributed by atoms with Crippen molar-refractivity contribution in [2.24, 2.45) is 5.92 Å². The van der Waals surface area contributed by atoms with E-state index in [1.807, 2.05) is 0 Å². The number of methoxy groups -OCH3 is 1. The normalized spacial score (nSPS) is 14.9. The Bertz CT molecular complexity index is 1180. The molecule has 2 aromatic rings. The number of alkyl halides is 2. The quantitative estimate of drug-likeness (QED) is 0.332. The van der Waals surface area contributed by atoms with Crippen molar-refractivity contribution in [3.05, 3.63) is 41.5 Å². The lowest BCUT2D eigenvalue weighted by Gasteiger charge is -2.15. The molecule has 2 aliphatic carbocycles. The number of carbonyl (C=O) groups excluding carboxylic acids is 1. The van der Waals surface area contributed by atoms with Gasteiger partial charge in [0.2, 0.25) is 0 Å². The number of thioether (sulfide) groups is 1. The Morgan fingerprint density at radius 1 is 1.18 bits per heavy atom. The number of amides is 1. The van der Waals surface area contributed by atoms with Gasteiger partial charge in [-0.25, -0.2) is 8.78 Å². The maximum atomic E-state index is 13.3. The van der Waals surface area contributed by atoms with Gasteiger partial charge in [-0.3, -0.25) is 25.6 Å². The molecule has 0 unspecified atom stereocenters. The molecule has 0 atom stereocenters. The highest BCUT2D eigenvalue weighted by Gasteiger charge is 2.28. The van der Waals surface area contributed by atoms with Crippen LogP contribution in [0.5, 0.6) is 5.75 Å². The minimum atomic E-state index is -2.79. The zero-order valence-electron chi connectivity index (χ0n) is 17.7.